The fraction of sp³-hybridized carbons (Fsp3) is 0.467. The molecule has 1 fully saturated rings. The van der Waals surface area contributed by atoms with Gasteiger partial charge >= 0.3 is 0 Å². The molecule has 128 valence electrons. The van der Waals surface area contributed by atoms with Gasteiger partial charge in [0.1, 0.15) is 12.6 Å². The molecule has 0 saturated heterocycles. The van der Waals surface area contributed by atoms with Gasteiger partial charge in [0.2, 0.25) is 15.9 Å². The average molecular weight is 352 g/mol. The number of sulfonamides is 1. The van der Waals surface area contributed by atoms with Gasteiger partial charge in [0.15, 0.2) is 5.82 Å². The zero-order valence-electron chi connectivity index (χ0n) is 12.9. The molecule has 0 aromatic carbocycles. The summed E-state index contributed by atoms with van der Waals surface area (Å²) in [4.78, 5) is 3.85. The normalized spacial score (nSPS) is 21.5. The van der Waals surface area contributed by atoms with Gasteiger partial charge in [-0.3, -0.25) is 4.68 Å². The molecule has 1 aliphatic carbocycles. The number of fused-ring (bicyclic) bond motifs is 1. The van der Waals surface area contributed by atoms with E-state index in [2.05, 4.69) is 10.1 Å². The molecule has 0 spiro atoms. The van der Waals surface area contributed by atoms with Gasteiger partial charge in [0, 0.05) is 18.9 Å². The van der Waals surface area contributed by atoms with Gasteiger partial charge < -0.3 is 4.74 Å². The van der Waals surface area contributed by atoms with Gasteiger partial charge in [0.25, 0.3) is 0 Å². The van der Waals surface area contributed by atoms with Crippen LogP contribution < -0.4 is 4.74 Å². The van der Waals surface area contributed by atoms with E-state index in [1.807, 2.05) is 0 Å². The second kappa shape index (κ2) is 5.82. The highest BCUT2D eigenvalue weighted by atomic mass is 32.2. The molecule has 0 bridgehead atoms. The van der Waals surface area contributed by atoms with Crippen molar-refractivity contribution in [3.63, 3.8) is 0 Å². The maximum absolute atomic E-state index is 13.6. The number of hydrogen-bond donors (Lipinski definition) is 0. The maximum Gasteiger partial charge on any atom is 0.250 e. The van der Waals surface area contributed by atoms with Crippen LogP contribution in [0.5, 0.6) is 5.88 Å². The molecule has 0 unspecified atom stereocenters. The molecule has 4 rings (SSSR count). The lowest BCUT2D eigenvalue weighted by atomic mass is 10.2. The lowest BCUT2D eigenvalue weighted by Crippen LogP contribution is -2.44. The van der Waals surface area contributed by atoms with Crippen LogP contribution in [-0.4, -0.2) is 45.9 Å². The summed E-state index contributed by atoms with van der Waals surface area (Å²) in [5.41, 5.74) is 0.806. The molecule has 7 nitrogen and oxygen atoms in total. The van der Waals surface area contributed by atoms with Gasteiger partial charge in [-0.25, -0.2) is 17.8 Å². The van der Waals surface area contributed by atoms with Crippen molar-refractivity contribution in [2.24, 2.45) is 0 Å². The Hall–Kier alpha value is -2.00. The molecule has 2 aromatic heterocycles. The topological polar surface area (TPSA) is 77.3 Å². The Kier molecular flexibility index (Phi) is 3.76. The molecule has 1 atom stereocenters. The number of hydrogen-bond acceptors (Lipinski definition) is 5. The first-order chi connectivity index (χ1) is 11.6. The Morgan fingerprint density at radius 3 is 2.88 bits per heavy atom. The van der Waals surface area contributed by atoms with Crippen molar-refractivity contribution in [3.8, 4) is 5.88 Å². The molecular formula is C15H17FN4O3S. The van der Waals surface area contributed by atoms with Crippen LogP contribution in [0, 0.1) is 5.82 Å². The number of ether oxygens (including phenoxy) is 1. The SMILES string of the molecule is O=S(=O)(C1CC1)N1Cc2ccnn2[C@@H](COc2ncccc2F)C1. The summed E-state index contributed by atoms with van der Waals surface area (Å²) < 4.78 is 47.4. The summed E-state index contributed by atoms with van der Waals surface area (Å²) in [5.74, 6) is -0.634. The number of nitrogens with zero attached hydrogens (tertiary/aromatic N) is 4. The number of rotatable bonds is 5. The number of aromatic nitrogens is 3. The Labute approximate surface area is 139 Å². The fourth-order valence-corrected chi connectivity index (χ4v) is 4.75. The summed E-state index contributed by atoms with van der Waals surface area (Å²) in [6, 6.07) is 4.23. The maximum atomic E-state index is 13.6. The Balaban J connectivity index is 1.55. The van der Waals surface area contributed by atoms with Gasteiger partial charge in [-0.2, -0.15) is 9.40 Å². The molecule has 0 amide bonds. The quantitative estimate of drug-likeness (QED) is 0.812. The van der Waals surface area contributed by atoms with E-state index in [4.69, 9.17) is 4.74 Å². The molecular weight excluding hydrogens is 335 g/mol. The van der Waals surface area contributed by atoms with Crippen molar-refractivity contribution in [2.45, 2.75) is 30.7 Å². The van der Waals surface area contributed by atoms with Crippen LogP contribution in [-0.2, 0) is 16.6 Å². The summed E-state index contributed by atoms with van der Waals surface area (Å²) >= 11 is 0. The Bertz CT molecular complexity index is 850. The van der Waals surface area contributed by atoms with Gasteiger partial charge in [-0.05, 0) is 31.0 Å². The molecule has 3 heterocycles. The van der Waals surface area contributed by atoms with Crippen LogP contribution in [0.3, 0.4) is 0 Å². The van der Waals surface area contributed by atoms with E-state index in [1.165, 1.54) is 22.6 Å². The molecule has 1 aliphatic heterocycles. The van der Waals surface area contributed by atoms with E-state index in [9.17, 15) is 12.8 Å². The van der Waals surface area contributed by atoms with Crippen LogP contribution in [0.2, 0.25) is 0 Å². The van der Waals surface area contributed by atoms with Gasteiger partial charge in [-0.15, -0.1) is 0 Å². The summed E-state index contributed by atoms with van der Waals surface area (Å²) in [7, 11) is -3.29. The monoisotopic (exact) mass is 352 g/mol. The van der Waals surface area contributed by atoms with Crippen LogP contribution in [0.15, 0.2) is 30.6 Å². The predicted octanol–water partition coefficient (Wildman–Crippen LogP) is 1.35. The second-order valence-electron chi connectivity index (χ2n) is 6.06. The molecule has 0 radical (unpaired) electrons. The van der Waals surface area contributed by atoms with E-state index >= 15 is 0 Å². The third-order valence-electron chi connectivity index (χ3n) is 4.29. The van der Waals surface area contributed by atoms with Crippen molar-refractivity contribution < 1.29 is 17.5 Å². The first-order valence-corrected chi connectivity index (χ1v) is 9.30. The van der Waals surface area contributed by atoms with Crippen LogP contribution in [0.1, 0.15) is 24.6 Å². The van der Waals surface area contributed by atoms with Crippen molar-refractivity contribution in [3.05, 3.63) is 42.1 Å². The summed E-state index contributed by atoms with van der Waals surface area (Å²) in [6.45, 7) is 0.675. The van der Waals surface area contributed by atoms with E-state index in [-0.39, 0.29) is 30.3 Å². The third-order valence-corrected chi connectivity index (χ3v) is 6.61. The third kappa shape index (κ3) is 2.78. The van der Waals surface area contributed by atoms with Crippen molar-refractivity contribution in [1.29, 1.82) is 0 Å². The van der Waals surface area contributed by atoms with Crippen LogP contribution >= 0.6 is 0 Å². The largest absolute Gasteiger partial charge is 0.473 e. The highest BCUT2D eigenvalue weighted by molar-refractivity contribution is 7.90. The van der Waals surface area contributed by atoms with E-state index in [0.717, 1.165) is 18.5 Å². The summed E-state index contributed by atoms with van der Waals surface area (Å²) in [5, 5.41) is 3.99. The van der Waals surface area contributed by atoms with Crippen molar-refractivity contribution >= 4 is 10.0 Å². The minimum Gasteiger partial charge on any atom is -0.473 e. The molecule has 0 N–H and O–H groups in total. The standard InChI is InChI=1S/C15H17FN4O3S/c16-14-2-1-6-17-15(14)23-10-12-9-19(24(21,22)13-3-4-13)8-11-5-7-18-20(11)12/h1-2,5-7,12-13H,3-4,8-10H2/t12-/m1/s1. The lowest BCUT2D eigenvalue weighted by molar-refractivity contribution is 0.173. The minimum atomic E-state index is -3.29. The fourth-order valence-electron chi connectivity index (χ4n) is 2.90. The molecule has 9 heteroatoms. The molecule has 2 aliphatic rings. The van der Waals surface area contributed by atoms with Crippen LogP contribution in [0.25, 0.3) is 0 Å². The lowest BCUT2D eigenvalue weighted by Gasteiger charge is -2.33. The highest BCUT2D eigenvalue weighted by Crippen LogP contribution is 2.34. The van der Waals surface area contributed by atoms with Crippen molar-refractivity contribution in [1.82, 2.24) is 19.1 Å². The zero-order chi connectivity index (χ0) is 16.7. The van der Waals surface area contributed by atoms with Crippen molar-refractivity contribution in [2.75, 3.05) is 13.2 Å². The summed E-state index contributed by atoms with van der Waals surface area (Å²) in [6.07, 6.45) is 4.52. The highest BCUT2D eigenvalue weighted by Gasteiger charge is 2.43. The van der Waals surface area contributed by atoms with Gasteiger partial charge in [0.05, 0.1) is 17.5 Å². The van der Waals surface area contributed by atoms with E-state index in [1.54, 1.807) is 16.9 Å². The van der Waals surface area contributed by atoms with E-state index in [0.29, 0.717) is 6.54 Å². The smallest absolute Gasteiger partial charge is 0.250 e. The van der Waals surface area contributed by atoms with Gasteiger partial charge in [-0.1, -0.05) is 0 Å². The predicted molar refractivity (Wildman–Crippen MR) is 83.3 cm³/mol. The Morgan fingerprint density at radius 2 is 2.12 bits per heavy atom. The first-order valence-electron chi connectivity index (χ1n) is 7.80. The molecule has 1 saturated carbocycles. The Morgan fingerprint density at radius 1 is 1.29 bits per heavy atom. The average Bonchev–Trinajstić information content (AvgIpc) is 3.32. The second-order valence-corrected chi connectivity index (χ2v) is 8.27. The number of halogens is 1. The van der Waals surface area contributed by atoms with E-state index < -0.39 is 15.8 Å². The minimum absolute atomic E-state index is 0.0895. The first kappa shape index (κ1) is 15.5. The molecule has 2 aromatic rings. The zero-order valence-corrected chi connectivity index (χ0v) is 13.7. The molecule has 24 heavy (non-hydrogen) atoms. The number of pyridine rings is 1. The van der Waals surface area contributed by atoms with Crippen LogP contribution in [0.4, 0.5) is 4.39 Å².